The first kappa shape index (κ1) is 8.70. The van der Waals surface area contributed by atoms with Crippen molar-refractivity contribution in [2.75, 3.05) is 13.3 Å². The van der Waals surface area contributed by atoms with Crippen molar-refractivity contribution in [3.05, 3.63) is 0 Å². The average Bonchev–Trinajstić information content (AvgIpc) is 2.15. The summed E-state index contributed by atoms with van der Waals surface area (Å²) in [5.74, 6) is -0.157. The number of carboxylic acid groups (broad SMARTS) is 2. The van der Waals surface area contributed by atoms with Crippen LogP contribution < -0.4 is 5.32 Å². The van der Waals surface area contributed by atoms with Crippen LogP contribution in [0.4, 0.5) is 4.79 Å². The van der Waals surface area contributed by atoms with Gasteiger partial charge in [0.2, 0.25) is 0 Å². The summed E-state index contributed by atoms with van der Waals surface area (Å²) >= 11 is 0. The van der Waals surface area contributed by atoms with Crippen LogP contribution in [0.15, 0.2) is 0 Å². The second-order valence-corrected chi connectivity index (χ2v) is 1.37. The number of carbonyl (C=O) groups excluding carboxylic acids is 1. The molecule has 1 rings (SSSR count). The molecule has 0 bridgehead atoms. The standard InChI is InChI=1S/C3H5NO2.CH2O3/c5-3-1-4-2-6-3;2-1(3)4/h4H,1-2H2;(H2,2,3,4). The zero-order chi connectivity index (χ0) is 7.98. The lowest BCUT2D eigenvalue weighted by Gasteiger charge is -1.79. The van der Waals surface area contributed by atoms with E-state index in [4.69, 9.17) is 15.0 Å². The largest absolute Gasteiger partial charge is 0.503 e. The molecule has 1 heterocycles. The Morgan fingerprint density at radius 2 is 2.10 bits per heavy atom. The minimum Gasteiger partial charge on any atom is -0.450 e. The molecule has 0 aliphatic carbocycles. The Bertz CT molecular complexity index is 122. The highest BCUT2D eigenvalue weighted by molar-refractivity contribution is 5.72. The quantitative estimate of drug-likeness (QED) is 0.394. The third-order valence-electron chi connectivity index (χ3n) is 0.605. The fourth-order valence-electron chi connectivity index (χ4n) is 0.336. The second-order valence-electron chi connectivity index (χ2n) is 1.37. The van der Waals surface area contributed by atoms with Crippen LogP contribution in [0.25, 0.3) is 0 Å². The van der Waals surface area contributed by atoms with E-state index in [0.29, 0.717) is 13.3 Å². The Hall–Kier alpha value is -1.30. The molecule has 1 aliphatic heterocycles. The Morgan fingerprint density at radius 3 is 2.20 bits per heavy atom. The summed E-state index contributed by atoms with van der Waals surface area (Å²) in [7, 11) is 0. The fourth-order valence-corrected chi connectivity index (χ4v) is 0.336. The lowest BCUT2D eigenvalue weighted by Crippen LogP contribution is -2.07. The Kier molecular flexibility index (Phi) is 3.97. The van der Waals surface area contributed by atoms with Gasteiger partial charge in [0, 0.05) is 0 Å². The van der Waals surface area contributed by atoms with Crippen LogP contribution in [0, 0.1) is 0 Å². The number of carbonyl (C=O) groups is 2. The first-order valence-corrected chi connectivity index (χ1v) is 2.41. The van der Waals surface area contributed by atoms with Crippen LogP contribution in [-0.2, 0) is 9.53 Å². The molecule has 10 heavy (non-hydrogen) atoms. The van der Waals surface area contributed by atoms with Crippen LogP contribution in [0.1, 0.15) is 0 Å². The fraction of sp³-hybridized carbons (Fsp3) is 0.500. The molecular weight excluding hydrogens is 142 g/mol. The maximum absolute atomic E-state index is 9.96. The summed E-state index contributed by atoms with van der Waals surface area (Å²) in [6.45, 7) is 0.763. The topological polar surface area (TPSA) is 95.9 Å². The van der Waals surface area contributed by atoms with E-state index in [1.165, 1.54) is 0 Å². The van der Waals surface area contributed by atoms with Gasteiger partial charge in [0.05, 0.1) is 6.54 Å². The van der Waals surface area contributed by atoms with Gasteiger partial charge in [-0.1, -0.05) is 0 Å². The molecule has 1 aliphatic rings. The molecule has 0 aromatic carbocycles. The molecule has 0 unspecified atom stereocenters. The first-order valence-electron chi connectivity index (χ1n) is 2.41. The maximum atomic E-state index is 9.96. The summed E-state index contributed by atoms with van der Waals surface area (Å²) in [6.07, 6.45) is -1.83. The number of nitrogens with one attached hydrogen (secondary N) is 1. The minimum absolute atomic E-state index is 0.157. The van der Waals surface area contributed by atoms with Crippen molar-refractivity contribution in [2.45, 2.75) is 0 Å². The highest BCUT2D eigenvalue weighted by atomic mass is 16.6. The van der Waals surface area contributed by atoms with E-state index in [1.807, 2.05) is 0 Å². The molecule has 6 nitrogen and oxygen atoms in total. The molecule has 0 aromatic heterocycles. The molecule has 0 radical (unpaired) electrons. The van der Waals surface area contributed by atoms with Gasteiger partial charge < -0.3 is 14.9 Å². The third kappa shape index (κ3) is 6.70. The van der Waals surface area contributed by atoms with Crippen molar-refractivity contribution in [3.8, 4) is 0 Å². The molecule has 1 fully saturated rings. The van der Waals surface area contributed by atoms with Crippen molar-refractivity contribution < 1.29 is 24.5 Å². The molecule has 1 saturated heterocycles. The van der Waals surface area contributed by atoms with Crippen LogP contribution in [0.2, 0.25) is 0 Å². The predicted molar refractivity (Wildman–Crippen MR) is 29.6 cm³/mol. The van der Waals surface area contributed by atoms with E-state index in [2.05, 4.69) is 10.1 Å². The smallest absolute Gasteiger partial charge is 0.450 e. The molecule has 0 atom stereocenters. The lowest BCUT2D eigenvalue weighted by atomic mass is 10.7. The summed E-state index contributed by atoms with van der Waals surface area (Å²) in [5.41, 5.74) is 0. The monoisotopic (exact) mass is 149 g/mol. The summed E-state index contributed by atoms with van der Waals surface area (Å²) in [4.78, 5) is 18.5. The van der Waals surface area contributed by atoms with Gasteiger partial charge >= 0.3 is 12.1 Å². The molecule has 58 valence electrons. The lowest BCUT2D eigenvalue weighted by molar-refractivity contribution is -0.136. The number of hydrogen-bond donors (Lipinski definition) is 3. The molecule has 0 saturated carbocycles. The van der Waals surface area contributed by atoms with Gasteiger partial charge in [-0.3, -0.25) is 10.1 Å². The van der Waals surface area contributed by atoms with Gasteiger partial charge in [0.25, 0.3) is 0 Å². The normalized spacial score (nSPS) is 15.0. The van der Waals surface area contributed by atoms with Crippen LogP contribution in [-0.4, -0.2) is 35.6 Å². The van der Waals surface area contributed by atoms with Gasteiger partial charge in [-0.25, -0.2) is 4.79 Å². The molecular formula is C4H7NO5. The zero-order valence-electron chi connectivity index (χ0n) is 5.03. The molecule has 6 heteroatoms. The van der Waals surface area contributed by atoms with E-state index in [-0.39, 0.29) is 5.97 Å². The van der Waals surface area contributed by atoms with Crippen LogP contribution in [0.3, 0.4) is 0 Å². The van der Waals surface area contributed by atoms with Crippen LogP contribution >= 0.6 is 0 Å². The summed E-state index contributed by atoms with van der Waals surface area (Å²) < 4.78 is 4.40. The Balaban J connectivity index is 0.000000180. The highest BCUT2D eigenvalue weighted by Gasteiger charge is 2.06. The van der Waals surface area contributed by atoms with Gasteiger partial charge in [-0.15, -0.1) is 0 Å². The van der Waals surface area contributed by atoms with E-state index in [0.717, 1.165) is 0 Å². The van der Waals surface area contributed by atoms with Crippen molar-refractivity contribution in [1.29, 1.82) is 0 Å². The number of hydrogen-bond acceptors (Lipinski definition) is 4. The number of cyclic esters (lactones) is 1. The SMILES string of the molecule is O=C(O)O.O=C1CNCO1. The minimum atomic E-state index is -1.83. The number of esters is 1. The van der Waals surface area contributed by atoms with Gasteiger partial charge in [-0.2, -0.15) is 0 Å². The number of rotatable bonds is 0. The Morgan fingerprint density at radius 1 is 1.60 bits per heavy atom. The predicted octanol–water partition coefficient (Wildman–Crippen LogP) is -0.687. The summed E-state index contributed by atoms with van der Waals surface area (Å²) in [6, 6.07) is 0. The van der Waals surface area contributed by atoms with E-state index in [9.17, 15) is 4.79 Å². The molecule has 0 aromatic rings. The zero-order valence-corrected chi connectivity index (χ0v) is 5.03. The average molecular weight is 149 g/mol. The van der Waals surface area contributed by atoms with Crippen LogP contribution in [0.5, 0.6) is 0 Å². The molecule has 3 N–H and O–H groups in total. The first-order chi connectivity index (χ1) is 4.63. The Labute approximate surface area is 56.4 Å². The second kappa shape index (κ2) is 4.57. The third-order valence-corrected chi connectivity index (χ3v) is 0.605. The number of ether oxygens (including phenoxy) is 1. The van der Waals surface area contributed by atoms with E-state index in [1.54, 1.807) is 0 Å². The van der Waals surface area contributed by atoms with Gasteiger partial charge in [0.1, 0.15) is 6.73 Å². The van der Waals surface area contributed by atoms with Gasteiger partial charge in [-0.05, 0) is 0 Å². The summed E-state index contributed by atoms with van der Waals surface area (Å²) in [5, 5.41) is 16.6. The van der Waals surface area contributed by atoms with Crippen molar-refractivity contribution >= 4 is 12.1 Å². The molecule has 0 amide bonds. The van der Waals surface area contributed by atoms with Gasteiger partial charge in [0.15, 0.2) is 0 Å². The van der Waals surface area contributed by atoms with Crippen molar-refractivity contribution in [1.82, 2.24) is 5.32 Å². The van der Waals surface area contributed by atoms with E-state index < -0.39 is 6.16 Å². The van der Waals surface area contributed by atoms with E-state index >= 15 is 0 Å². The van der Waals surface area contributed by atoms with Crippen molar-refractivity contribution in [3.63, 3.8) is 0 Å². The highest BCUT2D eigenvalue weighted by Crippen LogP contribution is 1.79. The van der Waals surface area contributed by atoms with Crippen molar-refractivity contribution in [2.24, 2.45) is 0 Å². The molecule has 0 spiro atoms. The maximum Gasteiger partial charge on any atom is 0.503 e.